The van der Waals surface area contributed by atoms with Gasteiger partial charge in [-0.1, -0.05) is 42.0 Å². The predicted molar refractivity (Wildman–Crippen MR) is 125 cm³/mol. The van der Waals surface area contributed by atoms with Crippen LogP contribution in [0, 0.1) is 13.8 Å². The molecule has 0 bridgehead atoms. The van der Waals surface area contributed by atoms with E-state index in [2.05, 4.69) is 4.98 Å². The van der Waals surface area contributed by atoms with E-state index in [1.165, 1.54) is 0 Å². The summed E-state index contributed by atoms with van der Waals surface area (Å²) in [5.41, 5.74) is 4.36. The first-order valence-electron chi connectivity index (χ1n) is 10.4. The second-order valence-electron chi connectivity index (χ2n) is 7.74. The zero-order valence-corrected chi connectivity index (χ0v) is 18.0. The molecule has 0 atom stereocenters. The normalized spacial score (nSPS) is 10.9. The molecular formula is C26H25N3O2. The Kier molecular flexibility index (Phi) is 5.67. The average molecular weight is 412 g/mol. The number of aromatic nitrogens is 2. The van der Waals surface area contributed by atoms with Crippen molar-refractivity contribution in [3.8, 4) is 0 Å². The van der Waals surface area contributed by atoms with E-state index in [4.69, 9.17) is 0 Å². The number of aryl methyl sites for hydroxylation is 2. The van der Waals surface area contributed by atoms with Crippen molar-refractivity contribution in [1.82, 2.24) is 9.55 Å². The van der Waals surface area contributed by atoms with Crippen LogP contribution in [-0.2, 0) is 6.54 Å². The van der Waals surface area contributed by atoms with Crippen LogP contribution in [0.4, 0.5) is 5.69 Å². The summed E-state index contributed by atoms with van der Waals surface area (Å²) in [6.45, 7) is 6.73. The second-order valence-corrected chi connectivity index (χ2v) is 7.74. The predicted octanol–water partition coefficient (Wildman–Crippen LogP) is 4.73. The van der Waals surface area contributed by atoms with Gasteiger partial charge < -0.3 is 4.90 Å². The summed E-state index contributed by atoms with van der Waals surface area (Å²) in [6, 6.07) is 21.1. The third-order valence-corrected chi connectivity index (χ3v) is 5.41. The Balaban J connectivity index is 1.84. The van der Waals surface area contributed by atoms with Gasteiger partial charge in [0.05, 0.1) is 6.54 Å². The molecular weight excluding hydrogens is 386 g/mol. The van der Waals surface area contributed by atoms with Gasteiger partial charge in [0.15, 0.2) is 0 Å². The molecule has 1 amide bonds. The van der Waals surface area contributed by atoms with Crippen molar-refractivity contribution in [2.75, 3.05) is 11.4 Å². The minimum atomic E-state index is -0.331. The molecule has 0 unspecified atom stereocenters. The molecule has 4 rings (SSSR count). The number of rotatable bonds is 5. The van der Waals surface area contributed by atoms with Crippen LogP contribution in [-0.4, -0.2) is 22.0 Å². The lowest BCUT2D eigenvalue weighted by molar-refractivity contribution is 0.0986. The first-order chi connectivity index (χ1) is 15.0. The highest BCUT2D eigenvalue weighted by molar-refractivity contribution is 6.07. The highest BCUT2D eigenvalue weighted by atomic mass is 16.2. The van der Waals surface area contributed by atoms with Crippen LogP contribution in [0.5, 0.6) is 0 Å². The Bertz CT molecular complexity index is 1310. The van der Waals surface area contributed by atoms with Crippen molar-refractivity contribution in [2.24, 2.45) is 0 Å². The first-order valence-corrected chi connectivity index (χ1v) is 10.4. The number of carbonyl (C=O) groups excluding carboxylic acids is 1. The van der Waals surface area contributed by atoms with Gasteiger partial charge in [-0.2, -0.15) is 0 Å². The highest BCUT2D eigenvalue weighted by Gasteiger charge is 2.22. The number of benzene rings is 2. The molecule has 0 aliphatic carbocycles. The molecule has 0 aliphatic heterocycles. The summed E-state index contributed by atoms with van der Waals surface area (Å²) in [7, 11) is 0. The Morgan fingerprint density at radius 2 is 1.74 bits per heavy atom. The fourth-order valence-electron chi connectivity index (χ4n) is 3.77. The molecule has 0 aliphatic rings. The van der Waals surface area contributed by atoms with Crippen LogP contribution in [0.2, 0.25) is 0 Å². The lowest BCUT2D eigenvalue weighted by Crippen LogP contribution is -2.37. The number of pyridine rings is 2. The third kappa shape index (κ3) is 4.12. The third-order valence-electron chi connectivity index (χ3n) is 5.41. The van der Waals surface area contributed by atoms with Gasteiger partial charge in [0, 0.05) is 23.8 Å². The topological polar surface area (TPSA) is 55.2 Å². The zero-order chi connectivity index (χ0) is 22.0. The molecule has 0 saturated heterocycles. The molecule has 5 nitrogen and oxygen atoms in total. The molecule has 2 heterocycles. The van der Waals surface area contributed by atoms with E-state index in [0.717, 1.165) is 27.8 Å². The Morgan fingerprint density at radius 3 is 2.45 bits per heavy atom. The molecule has 0 radical (unpaired) electrons. The van der Waals surface area contributed by atoms with Gasteiger partial charge in [0.2, 0.25) is 0 Å². The molecule has 0 fully saturated rings. The summed E-state index contributed by atoms with van der Waals surface area (Å²) < 4.78 is 1.59. The average Bonchev–Trinajstić information content (AvgIpc) is 2.77. The standard InChI is InChI=1S/C26H25N3O2/c1-4-28(22-9-5-7-19(3)15-22)25(30)23-16-21-8-6-14-27-24(21)29(26(23)31)17-20-12-10-18(2)11-13-20/h5-16H,4,17H2,1-3H3. The number of nitrogens with zero attached hydrogens (tertiary/aromatic N) is 3. The van der Waals surface area contributed by atoms with Gasteiger partial charge >= 0.3 is 0 Å². The molecule has 0 spiro atoms. The van der Waals surface area contributed by atoms with Crippen molar-refractivity contribution >= 4 is 22.6 Å². The van der Waals surface area contributed by atoms with Crippen LogP contribution in [0.25, 0.3) is 11.0 Å². The second kappa shape index (κ2) is 8.56. The number of hydrogen-bond acceptors (Lipinski definition) is 3. The summed E-state index contributed by atoms with van der Waals surface area (Å²) in [5, 5.41) is 0.762. The van der Waals surface area contributed by atoms with E-state index in [1.54, 1.807) is 21.7 Å². The summed E-state index contributed by atoms with van der Waals surface area (Å²) in [6.07, 6.45) is 1.67. The number of carbonyl (C=O) groups is 1. The smallest absolute Gasteiger partial charge is 0.265 e. The molecule has 0 saturated carbocycles. The van der Waals surface area contributed by atoms with Crippen molar-refractivity contribution < 1.29 is 4.79 Å². The first kappa shape index (κ1) is 20.5. The number of anilines is 1. The van der Waals surface area contributed by atoms with Gasteiger partial charge in [-0.3, -0.25) is 14.2 Å². The molecule has 5 heteroatoms. The van der Waals surface area contributed by atoms with Crippen LogP contribution in [0.1, 0.15) is 34.0 Å². The maximum absolute atomic E-state index is 13.5. The van der Waals surface area contributed by atoms with E-state index in [-0.39, 0.29) is 17.0 Å². The number of amides is 1. The fraction of sp³-hybridized carbons (Fsp3) is 0.192. The van der Waals surface area contributed by atoms with Gasteiger partial charge in [-0.05, 0) is 62.2 Å². The maximum atomic E-state index is 13.5. The zero-order valence-electron chi connectivity index (χ0n) is 18.0. The van der Waals surface area contributed by atoms with Gasteiger partial charge in [-0.15, -0.1) is 0 Å². The van der Waals surface area contributed by atoms with Crippen LogP contribution < -0.4 is 10.5 Å². The maximum Gasteiger partial charge on any atom is 0.265 e. The summed E-state index contributed by atoms with van der Waals surface area (Å²) in [5.74, 6) is -0.304. The molecule has 2 aromatic heterocycles. The van der Waals surface area contributed by atoms with E-state index in [9.17, 15) is 9.59 Å². The molecule has 4 aromatic rings. The number of hydrogen-bond donors (Lipinski definition) is 0. The van der Waals surface area contributed by atoms with E-state index >= 15 is 0 Å². The molecule has 156 valence electrons. The van der Waals surface area contributed by atoms with Gasteiger partial charge in [0.1, 0.15) is 11.2 Å². The van der Waals surface area contributed by atoms with Crippen molar-refractivity contribution in [3.63, 3.8) is 0 Å². The van der Waals surface area contributed by atoms with E-state index < -0.39 is 0 Å². The lowest BCUT2D eigenvalue weighted by Gasteiger charge is -2.22. The van der Waals surface area contributed by atoms with Gasteiger partial charge in [-0.25, -0.2) is 4.98 Å². The van der Waals surface area contributed by atoms with Gasteiger partial charge in [0.25, 0.3) is 11.5 Å². The van der Waals surface area contributed by atoms with Crippen molar-refractivity contribution in [3.05, 3.63) is 106 Å². The highest BCUT2D eigenvalue weighted by Crippen LogP contribution is 2.20. The molecule has 2 aromatic carbocycles. The monoisotopic (exact) mass is 411 g/mol. The van der Waals surface area contributed by atoms with Crippen LogP contribution in [0.15, 0.2) is 77.7 Å². The minimum absolute atomic E-state index is 0.149. The van der Waals surface area contributed by atoms with Crippen molar-refractivity contribution in [2.45, 2.75) is 27.3 Å². The fourth-order valence-corrected chi connectivity index (χ4v) is 3.77. The SMILES string of the molecule is CCN(C(=O)c1cc2cccnc2n(Cc2ccc(C)cc2)c1=O)c1cccc(C)c1. The molecule has 31 heavy (non-hydrogen) atoms. The Labute approximate surface area is 181 Å². The van der Waals surface area contributed by atoms with Crippen molar-refractivity contribution in [1.29, 1.82) is 0 Å². The van der Waals surface area contributed by atoms with Crippen LogP contribution >= 0.6 is 0 Å². The van der Waals surface area contributed by atoms with E-state index in [0.29, 0.717) is 18.7 Å². The molecule has 0 N–H and O–H groups in total. The summed E-state index contributed by atoms with van der Waals surface area (Å²) >= 11 is 0. The number of fused-ring (bicyclic) bond motifs is 1. The minimum Gasteiger partial charge on any atom is -0.308 e. The largest absolute Gasteiger partial charge is 0.308 e. The van der Waals surface area contributed by atoms with E-state index in [1.807, 2.05) is 81.4 Å². The lowest BCUT2D eigenvalue weighted by atomic mass is 10.1. The van der Waals surface area contributed by atoms with Crippen LogP contribution in [0.3, 0.4) is 0 Å². The Hall–Kier alpha value is -3.73. The Morgan fingerprint density at radius 1 is 0.968 bits per heavy atom. The summed E-state index contributed by atoms with van der Waals surface area (Å²) in [4.78, 5) is 33.1. The quantitative estimate of drug-likeness (QED) is 0.477.